The molecule has 0 heterocycles. The van der Waals surface area contributed by atoms with E-state index in [2.05, 4.69) is 4.74 Å². The minimum absolute atomic E-state index is 0.261. The van der Waals surface area contributed by atoms with Crippen LogP contribution >= 0.6 is 0 Å². The molecule has 1 rings (SSSR count). The highest BCUT2D eigenvalue weighted by molar-refractivity contribution is 7.80. The number of rotatable bonds is 4. The number of nitrogens with zero attached hydrogens (tertiary/aromatic N) is 1. The van der Waals surface area contributed by atoms with Crippen LogP contribution in [0.25, 0.3) is 0 Å². The van der Waals surface area contributed by atoms with Gasteiger partial charge in [-0.1, -0.05) is 0 Å². The summed E-state index contributed by atoms with van der Waals surface area (Å²) in [5, 5.41) is 0. The topological polar surface area (TPSA) is 69.7 Å². The smallest absolute Gasteiger partial charge is 0.416 e. The number of hydrogen-bond donors (Lipinski definition) is 0. The highest BCUT2D eigenvalue weighted by Gasteiger charge is 2.33. The van der Waals surface area contributed by atoms with Gasteiger partial charge >= 0.3 is 12.1 Å². The lowest BCUT2D eigenvalue weighted by molar-refractivity contribution is -0.137. The van der Waals surface area contributed by atoms with Crippen molar-refractivity contribution in [2.75, 3.05) is 11.4 Å². The zero-order valence-corrected chi connectivity index (χ0v) is 12.2. The third-order valence-electron chi connectivity index (χ3n) is 2.60. The summed E-state index contributed by atoms with van der Waals surface area (Å²) in [7, 11) is 1.05. The fourth-order valence-electron chi connectivity index (χ4n) is 1.70. The average Bonchev–Trinajstić information content (AvgIpc) is 2.35. The van der Waals surface area contributed by atoms with E-state index in [9.17, 15) is 26.7 Å². The van der Waals surface area contributed by atoms with E-state index < -0.39 is 35.0 Å². The van der Waals surface area contributed by atoms with E-state index in [0.29, 0.717) is 16.4 Å². The lowest BCUT2D eigenvalue weighted by Gasteiger charge is -2.31. The number of carbonyl (C=O) groups is 1. The van der Waals surface area contributed by atoms with Gasteiger partial charge in [0, 0.05) is 17.3 Å². The summed E-state index contributed by atoms with van der Waals surface area (Å²) in [6.07, 6.45) is -4.66. The van der Waals surface area contributed by atoms with Crippen molar-refractivity contribution in [2.45, 2.75) is 26.1 Å². The van der Waals surface area contributed by atoms with Gasteiger partial charge in [-0.15, -0.1) is 0 Å². The normalized spacial score (nSPS) is 13.1. The lowest BCUT2D eigenvalue weighted by atomic mass is 10.1. The summed E-state index contributed by atoms with van der Waals surface area (Å²) in [5.74, 6) is -0.921. The first-order chi connectivity index (χ1) is 9.59. The molecule has 9 heteroatoms. The molecule has 1 aromatic carbocycles. The van der Waals surface area contributed by atoms with E-state index in [1.54, 1.807) is 0 Å². The highest BCUT2D eigenvalue weighted by Crippen LogP contribution is 2.34. The van der Waals surface area contributed by atoms with Gasteiger partial charge in [0.2, 0.25) is 0 Å². The summed E-state index contributed by atoms with van der Waals surface area (Å²) in [4.78, 5) is 11.6. The molecule has 0 N–H and O–H groups in total. The molecule has 0 aliphatic heterocycles. The Morgan fingerprint density at radius 3 is 2.33 bits per heavy atom. The van der Waals surface area contributed by atoms with Crippen LogP contribution in [-0.4, -0.2) is 27.9 Å². The molecular formula is C12H13F3NO4S-. The molecule has 21 heavy (non-hydrogen) atoms. The summed E-state index contributed by atoms with van der Waals surface area (Å²) >= 11 is -2.84. The molecule has 1 atom stereocenters. The zero-order chi connectivity index (χ0) is 16.4. The van der Waals surface area contributed by atoms with Crippen LogP contribution < -0.4 is 4.31 Å². The Kier molecular flexibility index (Phi) is 5.35. The molecule has 0 radical (unpaired) electrons. The van der Waals surface area contributed by atoms with Crippen LogP contribution in [0.2, 0.25) is 0 Å². The number of methoxy groups -OCH3 is 1. The lowest BCUT2D eigenvalue weighted by Crippen LogP contribution is -2.34. The van der Waals surface area contributed by atoms with E-state index in [1.165, 1.54) is 13.8 Å². The van der Waals surface area contributed by atoms with E-state index in [0.717, 1.165) is 13.2 Å². The molecule has 0 aliphatic rings. The molecular weight excluding hydrogens is 311 g/mol. The Hall–Kier alpha value is -1.61. The predicted octanol–water partition coefficient (Wildman–Crippen LogP) is 2.50. The molecule has 0 aliphatic carbocycles. The van der Waals surface area contributed by atoms with Crippen molar-refractivity contribution in [3.05, 3.63) is 29.3 Å². The first-order valence-corrected chi connectivity index (χ1v) is 6.81. The standard InChI is InChI=1S/C12H14F3NO4S/c1-7(2)16(21(18)19)10-6-8(12(13,14)15)4-5-9(10)11(17)20-3/h4-7H,1-3H3,(H,18,19)/p-1. The fraction of sp³-hybridized carbons (Fsp3) is 0.417. The monoisotopic (exact) mass is 324 g/mol. The molecule has 118 valence electrons. The van der Waals surface area contributed by atoms with Crippen LogP contribution in [0, 0.1) is 0 Å². The SMILES string of the molecule is COC(=O)c1ccc(C(F)(F)F)cc1N(C(C)C)S(=O)[O-]. The number of carbonyl (C=O) groups excluding carboxylic acids is 1. The predicted molar refractivity (Wildman–Crippen MR) is 69.3 cm³/mol. The summed E-state index contributed by atoms with van der Waals surface area (Å²) in [6, 6.07) is 1.53. The molecule has 0 fully saturated rings. The zero-order valence-electron chi connectivity index (χ0n) is 11.4. The van der Waals surface area contributed by atoms with Crippen LogP contribution in [0.15, 0.2) is 18.2 Å². The van der Waals surface area contributed by atoms with Crippen molar-refractivity contribution < 1.29 is 31.5 Å². The molecule has 1 aromatic rings. The van der Waals surface area contributed by atoms with Gasteiger partial charge in [-0.05, 0) is 32.0 Å². The van der Waals surface area contributed by atoms with Gasteiger partial charge in [-0.25, -0.2) is 4.79 Å². The summed E-state index contributed by atoms with van der Waals surface area (Å²) in [5.41, 5.74) is -1.69. The maximum atomic E-state index is 12.8. The first-order valence-electron chi connectivity index (χ1n) is 5.77. The first kappa shape index (κ1) is 17.4. The van der Waals surface area contributed by atoms with E-state index in [4.69, 9.17) is 0 Å². The van der Waals surface area contributed by atoms with Crippen molar-refractivity contribution in [3.63, 3.8) is 0 Å². The summed E-state index contributed by atoms with van der Waals surface area (Å²) < 4.78 is 65.9. The Morgan fingerprint density at radius 1 is 1.38 bits per heavy atom. The van der Waals surface area contributed by atoms with Crippen LogP contribution in [0.4, 0.5) is 18.9 Å². The number of halogens is 3. The fourth-order valence-corrected chi connectivity index (χ4v) is 2.36. The van der Waals surface area contributed by atoms with Gasteiger partial charge in [0.05, 0.1) is 23.9 Å². The minimum Gasteiger partial charge on any atom is -0.755 e. The number of hydrogen-bond acceptors (Lipinski definition) is 4. The third-order valence-corrected chi connectivity index (χ3v) is 3.54. The number of anilines is 1. The second-order valence-corrected chi connectivity index (χ2v) is 5.19. The van der Waals surface area contributed by atoms with E-state index >= 15 is 0 Å². The highest BCUT2D eigenvalue weighted by atomic mass is 32.2. The van der Waals surface area contributed by atoms with Crippen molar-refractivity contribution in [3.8, 4) is 0 Å². The molecule has 0 amide bonds. The molecule has 5 nitrogen and oxygen atoms in total. The van der Waals surface area contributed by atoms with E-state index in [1.807, 2.05) is 0 Å². The number of benzene rings is 1. The largest absolute Gasteiger partial charge is 0.755 e. The maximum Gasteiger partial charge on any atom is 0.416 e. The van der Waals surface area contributed by atoms with Gasteiger partial charge in [0.1, 0.15) is 0 Å². The van der Waals surface area contributed by atoms with Crippen molar-refractivity contribution in [1.82, 2.24) is 0 Å². The Balaban J connectivity index is 3.55. The summed E-state index contributed by atoms with van der Waals surface area (Å²) in [6.45, 7) is 2.94. The van der Waals surface area contributed by atoms with Crippen LogP contribution in [-0.2, 0) is 22.2 Å². The third kappa shape index (κ3) is 3.94. The minimum atomic E-state index is -4.66. The van der Waals surface area contributed by atoms with Crippen LogP contribution in [0.3, 0.4) is 0 Å². The second-order valence-electron chi connectivity index (χ2n) is 4.36. The molecule has 0 bridgehead atoms. The average molecular weight is 324 g/mol. The Labute approximate surface area is 122 Å². The number of alkyl halides is 3. The van der Waals surface area contributed by atoms with Crippen molar-refractivity contribution in [2.24, 2.45) is 0 Å². The van der Waals surface area contributed by atoms with Gasteiger partial charge in [-0.2, -0.15) is 13.2 Å². The van der Waals surface area contributed by atoms with Gasteiger partial charge in [0.25, 0.3) is 0 Å². The van der Waals surface area contributed by atoms with Crippen LogP contribution in [0.5, 0.6) is 0 Å². The van der Waals surface area contributed by atoms with Gasteiger partial charge < -0.3 is 9.29 Å². The van der Waals surface area contributed by atoms with Gasteiger partial charge in [-0.3, -0.25) is 8.51 Å². The molecule has 0 saturated heterocycles. The molecule has 1 unspecified atom stereocenters. The van der Waals surface area contributed by atoms with Crippen molar-refractivity contribution in [1.29, 1.82) is 0 Å². The van der Waals surface area contributed by atoms with E-state index in [-0.39, 0.29) is 11.3 Å². The molecule has 0 spiro atoms. The Morgan fingerprint density at radius 2 is 1.95 bits per heavy atom. The quantitative estimate of drug-likeness (QED) is 0.630. The van der Waals surface area contributed by atoms with Crippen LogP contribution in [0.1, 0.15) is 29.8 Å². The molecule has 0 aromatic heterocycles. The molecule has 0 saturated carbocycles. The maximum absolute atomic E-state index is 12.8. The van der Waals surface area contributed by atoms with Gasteiger partial charge in [0.15, 0.2) is 0 Å². The second kappa shape index (κ2) is 6.44. The number of esters is 1. The number of ether oxygens (including phenoxy) is 1. The Bertz CT molecular complexity index is 560. The van der Waals surface area contributed by atoms with Crippen molar-refractivity contribution >= 4 is 22.9 Å².